The summed E-state index contributed by atoms with van der Waals surface area (Å²) in [5, 5.41) is 1.92. The first-order chi connectivity index (χ1) is 10.2. The predicted molar refractivity (Wildman–Crippen MR) is 80.2 cm³/mol. The molecule has 0 amide bonds. The maximum absolute atomic E-state index is 11.8. The minimum Gasteiger partial charge on any atom is -0.461 e. The largest absolute Gasteiger partial charge is 0.461 e. The zero-order valence-electron chi connectivity index (χ0n) is 11.4. The van der Waals surface area contributed by atoms with E-state index in [0.29, 0.717) is 23.5 Å². The van der Waals surface area contributed by atoms with E-state index in [1.165, 1.54) is 17.8 Å². The molecule has 0 radical (unpaired) electrons. The fourth-order valence-electron chi connectivity index (χ4n) is 2.41. The molecule has 0 aromatic carbocycles. The number of nitrogens with zero attached hydrogens (tertiary/aromatic N) is 1. The summed E-state index contributed by atoms with van der Waals surface area (Å²) in [7, 11) is 0. The number of rotatable bonds is 3. The molecule has 4 nitrogen and oxygen atoms in total. The number of carbonyl (C=O) groups excluding carboxylic acids is 1. The van der Waals surface area contributed by atoms with Gasteiger partial charge in [-0.15, -0.1) is 11.3 Å². The number of hydrogen-bond donors (Lipinski definition) is 0. The molecule has 106 valence electrons. The first-order valence-electron chi connectivity index (χ1n) is 6.87. The second kappa shape index (κ2) is 4.70. The Bertz CT molecular complexity index is 754. The Morgan fingerprint density at radius 3 is 2.95 bits per heavy atom. The van der Waals surface area contributed by atoms with Gasteiger partial charge in [0.05, 0.1) is 4.88 Å². The minimum atomic E-state index is -0.434. The molecule has 1 saturated carbocycles. The van der Waals surface area contributed by atoms with Crippen LogP contribution in [0.4, 0.5) is 0 Å². The molecule has 1 aliphatic heterocycles. The molecule has 0 N–H and O–H groups in total. The number of ether oxygens (including phenoxy) is 1. The van der Waals surface area contributed by atoms with E-state index in [9.17, 15) is 4.79 Å². The molecule has 3 heterocycles. The van der Waals surface area contributed by atoms with Crippen molar-refractivity contribution in [3.8, 4) is 0 Å². The van der Waals surface area contributed by atoms with Crippen LogP contribution in [0.25, 0.3) is 6.08 Å². The number of esters is 1. The molecule has 2 aromatic heterocycles. The molecular formula is C16H13NO3S. The van der Waals surface area contributed by atoms with Gasteiger partial charge in [0.2, 0.25) is 5.90 Å². The molecule has 21 heavy (non-hydrogen) atoms. The monoisotopic (exact) mass is 299 g/mol. The highest BCUT2D eigenvalue weighted by Gasteiger charge is 2.36. The molecule has 1 aliphatic carbocycles. The molecule has 0 bridgehead atoms. The van der Waals surface area contributed by atoms with Gasteiger partial charge in [0.1, 0.15) is 11.5 Å². The van der Waals surface area contributed by atoms with E-state index in [-0.39, 0.29) is 5.70 Å². The van der Waals surface area contributed by atoms with Crippen molar-refractivity contribution in [2.75, 3.05) is 0 Å². The van der Waals surface area contributed by atoms with Crippen LogP contribution in [-0.4, -0.2) is 11.9 Å². The third-order valence-electron chi connectivity index (χ3n) is 3.75. The van der Waals surface area contributed by atoms with Gasteiger partial charge in [-0.05, 0) is 35.9 Å². The smallest absolute Gasteiger partial charge is 0.363 e. The van der Waals surface area contributed by atoms with Crippen LogP contribution in [0.2, 0.25) is 0 Å². The zero-order valence-corrected chi connectivity index (χ0v) is 12.2. The van der Waals surface area contributed by atoms with Crippen LogP contribution in [0.1, 0.15) is 35.7 Å². The summed E-state index contributed by atoms with van der Waals surface area (Å²) in [6.45, 7) is 2.21. The standard InChI is InChI=1S/C16H13NO3S/c1-9-7-11(9)13-5-4-10(19-13)8-12-16(18)20-15(17-12)14-3-2-6-21-14/h2-6,8-9,11H,7H2,1H3. The summed E-state index contributed by atoms with van der Waals surface area (Å²) < 4.78 is 10.9. The Balaban J connectivity index is 1.60. The van der Waals surface area contributed by atoms with Gasteiger partial charge in [-0.1, -0.05) is 13.0 Å². The molecule has 4 rings (SSSR count). The number of cyclic esters (lactones) is 1. The van der Waals surface area contributed by atoms with E-state index < -0.39 is 5.97 Å². The Labute approximate surface area is 125 Å². The van der Waals surface area contributed by atoms with Crippen molar-refractivity contribution in [1.82, 2.24) is 0 Å². The maximum Gasteiger partial charge on any atom is 0.363 e. The van der Waals surface area contributed by atoms with Crippen molar-refractivity contribution < 1.29 is 13.9 Å². The van der Waals surface area contributed by atoms with E-state index in [2.05, 4.69) is 11.9 Å². The normalized spacial score (nSPS) is 26.0. The molecule has 0 spiro atoms. The Hall–Kier alpha value is -2.14. The summed E-state index contributed by atoms with van der Waals surface area (Å²) in [5.41, 5.74) is 0.281. The van der Waals surface area contributed by atoms with Crippen LogP contribution in [0.15, 0.2) is 44.8 Å². The second-order valence-corrected chi connectivity index (χ2v) is 6.32. The lowest BCUT2D eigenvalue weighted by atomic mass is 10.3. The Morgan fingerprint density at radius 2 is 2.24 bits per heavy atom. The van der Waals surface area contributed by atoms with Gasteiger partial charge in [0, 0.05) is 12.0 Å². The maximum atomic E-state index is 11.8. The van der Waals surface area contributed by atoms with Gasteiger partial charge in [-0.2, -0.15) is 0 Å². The van der Waals surface area contributed by atoms with E-state index >= 15 is 0 Å². The van der Waals surface area contributed by atoms with Gasteiger partial charge < -0.3 is 9.15 Å². The van der Waals surface area contributed by atoms with Gasteiger partial charge in [-0.3, -0.25) is 0 Å². The van der Waals surface area contributed by atoms with E-state index in [1.54, 1.807) is 6.08 Å². The van der Waals surface area contributed by atoms with Gasteiger partial charge in [0.15, 0.2) is 5.70 Å². The van der Waals surface area contributed by atoms with Crippen LogP contribution >= 0.6 is 11.3 Å². The highest BCUT2D eigenvalue weighted by atomic mass is 32.1. The highest BCUT2D eigenvalue weighted by Crippen LogP contribution is 2.47. The molecule has 1 fully saturated rings. The van der Waals surface area contributed by atoms with Gasteiger partial charge >= 0.3 is 5.97 Å². The first-order valence-corrected chi connectivity index (χ1v) is 7.75. The summed E-state index contributed by atoms with van der Waals surface area (Å²) in [4.78, 5) is 16.9. The minimum absolute atomic E-state index is 0.281. The van der Waals surface area contributed by atoms with Crippen molar-refractivity contribution in [2.24, 2.45) is 10.9 Å². The van der Waals surface area contributed by atoms with Crippen LogP contribution in [0, 0.1) is 5.92 Å². The van der Waals surface area contributed by atoms with Crippen LogP contribution in [-0.2, 0) is 9.53 Å². The van der Waals surface area contributed by atoms with Crippen LogP contribution in [0.5, 0.6) is 0 Å². The fourth-order valence-corrected chi connectivity index (χ4v) is 3.06. The zero-order chi connectivity index (χ0) is 14.4. The molecule has 2 aromatic rings. The number of hydrogen-bond acceptors (Lipinski definition) is 5. The molecule has 2 aliphatic rings. The fraction of sp³-hybridized carbons (Fsp3) is 0.250. The average Bonchev–Trinajstić information content (AvgIpc) is 2.96. The summed E-state index contributed by atoms with van der Waals surface area (Å²) in [5.74, 6) is 2.78. The lowest BCUT2D eigenvalue weighted by Crippen LogP contribution is -2.03. The molecule has 2 unspecified atom stereocenters. The van der Waals surface area contributed by atoms with Crippen LogP contribution < -0.4 is 0 Å². The number of thiophene rings is 1. The summed E-state index contributed by atoms with van der Waals surface area (Å²) in [6, 6.07) is 7.62. The third kappa shape index (κ3) is 2.34. The Morgan fingerprint density at radius 1 is 1.38 bits per heavy atom. The summed E-state index contributed by atoms with van der Waals surface area (Å²) in [6.07, 6.45) is 2.81. The molecule has 0 saturated heterocycles. The topological polar surface area (TPSA) is 51.8 Å². The van der Waals surface area contributed by atoms with E-state index in [0.717, 1.165) is 10.6 Å². The summed E-state index contributed by atoms with van der Waals surface area (Å²) >= 11 is 1.49. The van der Waals surface area contributed by atoms with Gasteiger partial charge in [0.25, 0.3) is 0 Å². The number of aliphatic imine (C=N–C) groups is 1. The van der Waals surface area contributed by atoms with E-state index in [1.807, 2.05) is 29.6 Å². The third-order valence-corrected chi connectivity index (χ3v) is 4.61. The average molecular weight is 299 g/mol. The quantitative estimate of drug-likeness (QED) is 0.639. The lowest BCUT2D eigenvalue weighted by Gasteiger charge is -1.92. The SMILES string of the molecule is CC1CC1c1ccc(C=C2N=C(c3cccs3)OC2=O)o1. The Kier molecular flexibility index (Phi) is 2.82. The predicted octanol–water partition coefficient (Wildman–Crippen LogP) is 3.81. The molecular weight excluding hydrogens is 286 g/mol. The van der Waals surface area contributed by atoms with Crippen molar-refractivity contribution in [2.45, 2.75) is 19.3 Å². The number of furan rings is 1. The first kappa shape index (κ1) is 12.6. The lowest BCUT2D eigenvalue weighted by molar-refractivity contribution is -0.129. The van der Waals surface area contributed by atoms with E-state index in [4.69, 9.17) is 9.15 Å². The highest BCUT2D eigenvalue weighted by molar-refractivity contribution is 7.12. The molecule has 2 atom stereocenters. The van der Waals surface area contributed by atoms with Crippen molar-refractivity contribution in [3.63, 3.8) is 0 Å². The van der Waals surface area contributed by atoms with Gasteiger partial charge in [-0.25, -0.2) is 9.79 Å². The van der Waals surface area contributed by atoms with Crippen LogP contribution in [0.3, 0.4) is 0 Å². The second-order valence-electron chi connectivity index (χ2n) is 5.37. The van der Waals surface area contributed by atoms with Crippen molar-refractivity contribution >= 4 is 29.3 Å². The van der Waals surface area contributed by atoms with Crippen molar-refractivity contribution in [3.05, 3.63) is 51.7 Å². The van der Waals surface area contributed by atoms with Crippen molar-refractivity contribution in [1.29, 1.82) is 0 Å². The number of carbonyl (C=O) groups is 1. The molecule has 5 heteroatoms.